The van der Waals surface area contributed by atoms with Gasteiger partial charge in [-0.25, -0.2) is 0 Å². The number of amides is 2. The molecule has 1 N–H and O–H groups in total. The minimum atomic E-state index is -0.0667. The van der Waals surface area contributed by atoms with E-state index >= 15 is 0 Å². The fraction of sp³-hybridized carbons (Fsp3) is 0.619. The number of carbonyl (C=O) groups is 2. The normalized spacial score (nSPS) is 20.9. The third-order valence-electron chi connectivity index (χ3n) is 5.61. The van der Waals surface area contributed by atoms with Crippen molar-refractivity contribution in [3.8, 4) is 5.75 Å². The lowest BCUT2D eigenvalue weighted by Crippen LogP contribution is -2.43. The Morgan fingerprint density at radius 1 is 1.04 bits per heavy atom. The molecule has 2 amide bonds. The fourth-order valence-electron chi connectivity index (χ4n) is 4.05. The smallest absolute Gasteiger partial charge is 0.241 e. The molecular weight excluding hydrogens is 342 g/mol. The molecule has 0 bridgehead atoms. The molecule has 1 unspecified atom stereocenters. The molecule has 1 atom stereocenters. The average Bonchev–Trinajstić information content (AvgIpc) is 3.14. The summed E-state index contributed by atoms with van der Waals surface area (Å²) in [5, 5.41) is 2.83. The van der Waals surface area contributed by atoms with Crippen LogP contribution in [0.15, 0.2) is 24.3 Å². The van der Waals surface area contributed by atoms with E-state index in [1.54, 1.807) is 7.11 Å². The summed E-state index contributed by atoms with van der Waals surface area (Å²) in [4.78, 5) is 28.7. The second-order valence-electron chi connectivity index (χ2n) is 7.47. The molecule has 0 saturated carbocycles. The van der Waals surface area contributed by atoms with Crippen LogP contribution in [0.3, 0.4) is 0 Å². The van der Waals surface area contributed by atoms with Crippen molar-refractivity contribution in [1.82, 2.24) is 15.1 Å². The van der Waals surface area contributed by atoms with Crippen LogP contribution in [-0.2, 0) is 9.59 Å². The van der Waals surface area contributed by atoms with Gasteiger partial charge >= 0.3 is 0 Å². The summed E-state index contributed by atoms with van der Waals surface area (Å²) >= 11 is 0. The van der Waals surface area contributed by atoms with Crippen LogP contribution in [0.25, 0.3) is 0 Å². The van der Waals surface area contributed by atoms with Crippen molar-refractivity contribution >= 4 is 11.8 Å². The van der Waals surface area contributed by atoms with Gasteiger partial charge in [-0.2, -0.15) is 0 Å². The summed E-state index contributed by atoms with van der Waals surface area (Å²) in [6.07, 6.45) is 6.65. The van der Waals surface area contributed by atoms with Crippen molar-refractivity contribution in [2.24, 2.45) is 0 Å². The van der Waals surface area contributed by atoms with Gasteiger partial charge in [0.15, 0.2) is 0 Å². The largest absolute Gasteiger partial charge is 0.497 e. The molecule has 0 aromatic heterocycles. The summed E-state index contributed by atoms with van der Waals surface area (Å²) in [6.45, 7) is 2.99. The number of ether oxygens (including phenoxy) is 1. The fourth-order valence-corrected chi connectivity index (χ4v) is 4.05. The van der Waals surface area contributed by atoms with Gasteiger partial charge in [-0.15, -0.1) is 0 Å². The van der Waals surface area contributed by atoms with E-state index in [2.05, 4.69) is 22.3 Å². The number of benzene rings is 1. The number of nitrogens with zero attached hydrogens (tertiary/aromatic N) is 2. The molecule has 2 aliphatic rings. The van der Waals surface area contributed by atoms with Gasteiger partial charge in [0.1, 0.15) is 5.75 Å². The van der Waals surface area contributed by atoms with Crippen LogP contribution in [0, 0.1) is 0 Å². The molecule has 6 nitrogen and oxygen atoms in total. The lowest BCUT2D eigenvalue weighted by atomic mass is 10.0. The molecule has 1 aromatic carbocycles. The average molecular weight is 373 g/mol. The highest BCUT2D eigenvalue weighted by Gasteiger charge is 2.25. The van der Waals surface area contributed by atoms with E-state index in [9.17, 15) is 9.59 Å². The van der Waals surface area contributed by atoms with Crippen molar-refractivity contribution in [2.45, 2.75) is 44.6 Å². The standard InChI is InChI=1S/C21H31N3O3/c1-27-18-10-8-17(9-11-18)19-7-3-2-4-14-24(19)16-20(25)22-15-21(26)23-12-5-6-13-23/h8-11,19H,2-7,12-16H2,1H3,(H,22,25). The van der Waals surface area contributed by atoms with Gasteiger partial charge in [-0.1, -0.05) is 25.0 Å². The molecule has 0 aliphatic carbocycles. The lowest BCUT2D eigenvalue weighted by Gasteiger charge is -2.30. The quantitative estimate of drug-likeness (QED) is 0.832. The van der Waals surface area contributed by atoms with Crippen molar-refractivity contribution < 1.29 is 14.3 Å². The molecule has 0 radical (unpaired) electrons. The van der Waals surface area contributed by atoms with E-state index in [1.807, 2.05) is 17.0 Å². The highest BCUT2D eigenvalue weighted by Crippen LogP contribution is 2.30. The SMILES string of the molecule is COc1ccc(C2CCCCCN2CC(=O)NCC(=O)N2CCCC2)cc1. The molecule has 1 aromatic rings. The van der Waals surface area contributed by atoms with E-state index in [0.717, 1.165) is 51.1 Å². The van der Waals surface area contributed by atoms with Crippen LogP contribution in [-0.4, -0.2) is 61.4 Å². The van der Waals surface area contributed by atoms with Crippen LogP contribution in [0.5, 0.6) is 5.75 Å². The van der Waals surface area contributed by atoms with E-state index in [-0.39, 0.29) is 24.4 Å². The first-order valence-corrected chi connectivity index (χ1v) is 10.1. The summed E-state index contributed by atoms with van der Waals surface area (Å²) in [7, 11) is 1.67. The monoisotopic (exact) mass is 373 g/mol. The van der Waals surface area contributed by atoms with Gasteiger partial charge in [0.25, 0.3) is 0 Å². The second-order valence-corrected chi connectivity index (χ2v) is 7.47. The topological polar surface area (TPSA) is 61.9 Å². The Morgan fingerprint density at radius 2 is 1.74 bits per heavy atom. The van der Waals surface area contributed by atoms with Crippen LogP contribution in [0.2, 0.25) is 0 Å². The molecule has 27 heavy (non-hydrogen) atoms. The molecule has 2 aliphatic heterocycles. The van der Waals surface area contributed by atoms with Crippen LogP contribution < -0.4 is 10.1 Å². The maximum absolute atomic E-state index is 12.5. The minimum absolute atomic E-state index is 0.0309. The first-order valence-electron chi connectivity index (χ1n) is 10.1. The molecule has 0 spiro atoms. The molecule has 6 heteroatoms. The van der Waals surface area contributed by atoms with Gasteiger partial charge in [-0.3, -0.25) is 14.5 Å². The first kappa shape index (κ1) is 19.7. The third kappa shape index (κ3) is 5.45. The number of likely N-dealkylation sites (tertiary alicyclic amines) is 2. The minimum Gasteiger partial charge on any atom is -0.497 e. The molecule has 148 valence electrons. The van der Waals surface area contributed by atoms with Crippen LogP contribution in [0.1, 0.15) is 50.1 Å². The van der Waals surface area contributed by atoms with Gasteiger partial charge in [0.05, 0.1) is 20.2 Å². The zero-order chi connectivity index (χ0) is 19.1. The Labute approximate surface area is 161 Å². The Bertz CT molecular complexity index is 626. The summed E-state index contributed by atoms with van der Waals surface area (Å²) in [6, 6.07) is 8.38. The molecular formula is C21H31N3O3. The van der Waals surface area contributed by atoms with Crippen LogP contribution in [0.4, 0.5) is 0 Å². The zero-order valence-corrected chi connectivity index (χ0v) is 16.3. The van der Waals surface area contributed by atoms with Crippen LogP contribution >= 0.6 is 0 Å². The summed E-state index contributed by atoms with van der Waals surface area (Å²) in [5.74, 6) is 0.809. The molecule has 2 heterocycles. The third-order valence-corrected chi connectivity index (χ3v) is 5.61. The Morgan fingerprint density at radius 3 is 2.44 bits per heavy atom. The number of rotatable bonds is 6. The summed E-state index contributed by atoms with van der Waals surface area (Å²) < 4.78 is 5.26. The number of hydrogen-bond donors (Lipinski definition) is 1. The number of hydrogen-bond acceptors (Lipinski definition) is 4. The highest BCUT2D eigenvalue weighted by atomic mass is 16.5. The first-order chi connectivity index (χ1) is 13.2. The number of nitrogens with one attached hydrogen (secondary N) is 1. The molecule has 3 rings (SSSR count). The van der Waals surface area contributed by atoms with Crippen molar-refractivity contribution in [2.75, 3.05) is 39.8 Å². The maximum atomic E-state index is 12.5. The van der Waals surface area contributed by atoms with E-state index in [0.29, 0.717) is 6.54 Å². The number of methoxy groups -OCH3 is 1. The zero-order valence-electron chi connectivity index (χ0n) is 16.3. The van der Waals surface area contributed by atoms with Gasteiger partial charge in [-0.05, 0) is 49.9 Å². The predicted molar refractivity (Wildman–Crippen MR) is 105 cm³/mol. The second kappa shape index (κ2) is 9.74. The van der Waals surface area contributed by atoms with Crippen molar-refractivity contribution in [1.29, 1.82) is 0 Å². The maximum Gasteiger partial charge on any atom is 0.241 e. The van der Waals surface area contributed by atoms with E-state index < -0.39 is 0 Å². The Hall–Kier alpha value is -2.08. The summed E-state index contributed by atoms with van der Waals surface area (Å²) in [5.41, 5.74) is 1.22. The lowest BCUT2D eigenvalue weighted by molar-refractivity contribution is -0.132. The molecule has 2 fully saturated rings. The highest BCUT2D eigenvalue weighted by molar-refractivity contribution is 5.85. The van der Waals surface area contributed by atoms with Crippen molar-refractivity contribution in [3.63, 3.8) is 0 Å². The Balaban J connectivity index is 1.57. The van der Waals surface area contributed by atoms with E-state index in [1.165, 1.54) is 18.4 Å². The van der Waals surface area contributed by atoms with E-state index in [4.69, 9.17) is 4.74 Å². The Kier molecular flexibility index (Phi) is 7.10. The predicted octanol–water partition coefficient (Wildman–Crippen LogP) is 2.35. The number of carbonyl (C=O) groups excluding carboxylic acids is 2. The van der Waals surface area contributed by atoms with Crippen molar-refractivity contribution in [3.05, 3.63) is 29.8 Å². The molecule has 2 saturated heterocycles. The van der Waals surface area contributed by atoms with Gasteiger partial charge < -0.3 is 15.0 Å². The van der Waals surface area contributed by atoms with Gasteiger partial charge in [0, 0.05) is 19.1 Å². The van der Waals surface area contributed by atoms with Gasteiger partial charge in [0.2, 0.25) is 11.8 Å².